The van der Waals surface area contributed by atoms with Crippen molar-refractivity contribution in [2.45, 2.75) is 33.6 Å². The van der Waals surface area contributed by atoms with Gasteiger partial charge < -0.3 is 19.4 Å². The van der Waals surface area contributed by atoms with Crippen molar-refractivity contribution in [1.82, 2.24) is 15.5 Å². The van der Waals surface area contributed by atoms with E-state index in [2.05, 4.69) is 15.5 Å². The van der Waals surface area contributed by atoms with E-state index >= 15 is 0 Å². The van der Waals surface area contributed by atoms with Crippen LogP contribution in [-0.4, -0.2) is 27.7 Å². The zero-order chi connectivity index (χ0) is 21.3. The van der Waals surface area contributed by atoms with Gasteiger partial charge in [0.2, 0.25) is 0 Å². The summed E-state index contributed by atoms with van der Waals surface area (Å²) in [7, 11) is 0. The number of carbonyl (C=O) groups is 1. The van der Waals surface area contributed by atoms with Gasteiger partial charge in [-0.05, 0) is 63.4 Å². The monoisotopic (exact) mass is 405 g/mol. The summed E-state index contributed by atoms with van der Waals surface area (Å²) in [6.45, 7) is 6.05. The van der Waals surface area contributed by atoms with Crippen molar-refractivity contribution in [2.75, 3.05) is 6.54 Å². The number of furan rings is 1. The number of nitrogens with zero attached hydrogens (tertiary/aromatic N) is 2. The zero-order valence-corrected chi connectivity index (χ0v) is 17.2. The van der Waals surface area contributed by atoms with Gasteiger partial charge in [0.15, 0.2) is 0 Å². The lowest BCUT2D eigenvalue weighted by molar-refractivity contribution is 0.0954. The zero-order valence-electron chi connectivity index (χ0n) is 17.2. The fourth-order valence-electron chi connectivity index (χ4n) is 3.55. The van der Waals surface area contributed by atoms with E-state index in [0.717, 1.165) is 35.5 Å². The number of benzene rings is 1. The summed E-state index contributed by atoms with van der Waals surface area (Å²) < 4.78 is 11.0. The van der Waals surface area contributed by atoms with Crippen LogP contribution in [0.5, 0.6) is 5.75 Å². The first kappa shape index (κ1) is 19.7. The highest BCUT2D eigenvalue weighted by Crippen LogP contribution is 2.30. The summed E-state index contributed by atoms with van der Waals surface area (Å²) in [5.41, 5.74) is 3.98. The molecule has 7 nitrogen and oxygen atoms in total. The highest BCUT2D eigenvalue weighted by atomic mass is 16.5. The molecule has 0 fully saturated rings. The molecule has 1 amide bonds. The molecular formula is C23H23N3O4. The van der Waals surface area contributed by atoms with Gasteiger partial charge in [-0.2, -0.15) is 0 Å². The smallest absolute Gasteiger partial charge is 0.259 e. The second-order valence-corrected chi connectivity index (χ2v) is 7.36. The highest BCUT2D eigenvalue weighted by molar-refractivity contribution is 6.07. The van der Waals surface area contributed by atoms with Gasteiger partial charge in [0.05, 0.1) is 22.3 Å². The highest BCUT2D eigenvalue weighted by Gasteiger charge is 2.20. The number of hydrogen-bond acceptors (Lipinski definition) is 6. The van der Waals surface area contributed by atoms with Gasteiger partial charge in [0.25, 0.3) is 11.6 Å². The van der Waals surface area contributed by atoms with Crippen LogP contribution in [0.3, 0.4) is 0 Å². The van der Waals surface area contributed by atoms with E-state index in [9.17, 15) is 9.90 Å². The molecule has 1 aromatic carbocycles. The average Bonchev–Trinajstić information content (AvgIpc) is 3.27. The Morgan fingerprint density at radius 1 is 1.13 bits per heavy atom. The molecule has 0 spiro atoms. The third-order valence-corrected chi connectivity index (χ3v) is 5.04. The third kappa shape index (κ3) is 3.91. The number of phenols is 1. The van der Waals surface area contributed by atoms with Gasteiger partial charge in [0, 0.05) is 12.1 Å². The summed E-state index contributed by atoms with van der Waals surface area (Å²) >= 11 is 0. The van der Waals surface area contributed by atoms with Crippen LogP contribution in [0.4, 0.5) is 0 Å². The standard InChI is InChI=1S/C23H23N3O4/c1-13-11-18(15(3)29-13)20-12-19(21-14(2)26-30-23(21)25-20)22(28)24-10-4-5-16-6-8-17(27)9-7-16/h6-9,11-12,27H,4-5,10H2,1-3H3,(H,24,28). The van der Waals surface area contributed by atoms with Crippen molar-refractivity contribution in [2.24, 2.45) is 0 Å². The fourth-order valence-corrected chi connectivity index (χ4v) is 3.55. The molecule has 0 radical (unpaired) electrons. The van der Waals surface area contributed by atoms with E-state index in [-0.39, 0.29) is 11.7 Å². The second-order valence-electron chi connectivity index (χ2n) is 7.36. The summed E-state index contributed by atoms with van der Waals surface area (Å²) in [5.74, 6) is 1.56. The normalized spacial score (nSPS) is 11.2. The number of hydrogen-bond donors (Lipinski definition) is 2. The molecule has 0 bridgehead atoms. The maximum Gasteiger partial charge on any atom is 0.259 e. The lowest BCUT2D eigenvalue weighted by atomic mass is 10.1. The molecule has 154 valence electrons. The fraction of sp³-hybridized carbons (Fsp3) is 0.261. The van der Waals surface area contributed by atoms with E-state index in [1.807, 2.05) is 32.0 Å². The van der Waals surface area contributed by atoms with Gasteiger partial charge in [0.1, 0.15) is 17.3 Å². The minimum absolute atomic E-state index is 0.196. The molecule has 30 heavy (non-hydrogen) atoms. The largest absolute Gasteiger partial charge is 0.508 e. The van der Waals surface area contributed by atoms with Gasteiger partial charge in [-0.15, -0.1) is 0 Å². The number of aromatic hydroxyl groups is 1. The first-order chi connectivity index (χ1) is 14.4. The SMILES string of the molecule is Cc1cc(-c2cc(C(=O)NCCCc3ccc(O)cc3)c3c(C)noc3n2)c(C)o1. The van der Waals surface area contributed by atoms with Crippen molar-refractivity contribution in [3.63, 3.8) is 0 Å². The van der Waals surface area contributed by atoms with Crippen LogP contribution < -0.4 is 5.32 Å². The number of pyridine rings is 1. The molecular weight excluding hydrogens is 382 g/mol. The molecule has 4 rings (SSSR count). The lowest BCUT2D eigenvalue weighted by Gasteiger charge is -2.08. The van der Waals surface area contributed by atoms with Crippen molar-refractivity contribution in [1.29, 1.82) is 0 Å². The van der Waals surface area contributed by atoms with Crippen molar-refractivity contribution in [3.05, 3.63) is 64.7 Å². The first-order valence-electron chi connectivity index (χ1n) is 9.83. The number of carbonyl (C=O) groups excluding carboxylic acids is 1. The van der Waals surface area contributed by atoms with E-state index in [1.54, 1.807) is 25.1 Å². The Balaban J connectivity index is 1.54. The molecule has 0 atom stereocenters. The molecule has 0 saturated carbocycles. The van der Waals surface area contributed by atoms with E-state index < -0.39 is 0 Å². The molecule has 7 heteroatoms. The number of rotatable bonds is 6. The Hall–Kier alpha value is -3.61. The lowest BCUT2D eigenvalue weighted by Crippen LogP contribution is -2.25. The number of fused-ring (bicyclic) bond motifs is 1. The average molecular weight is 405 g/mol. The molecule has 0 saturated heterocycles. The molecule has 0 aliphatic heterocycles. The topological polar surface area (TPSA) is 101 Å². The summed E-state index contributed by atoms with van der Waals surface area (Å²) in [6.07, 6.45) is 1.58. The second kappa shape index (κ2) is 8.02. The van der Waals surface area contributed by atoms with E-state index in [4.69, 9.17) is 8.94 Å². The molecule has 3 aromatic heterocycles. The molecule has 4 aromatic rings. The molecule has 3 heterocycles. The molecule has 0 aliphatic carbocycles. The van der Waals surface area contributed by atoms with Gasteiger partial charge in [-0.25, -0.2) is 4.98 Å². The minimum Gasteiger partial charge on any atom is -0.508 e. The van der Waals surface area contributed by atoms with Gasteiger partial charge >= 0.3 is 0 Å². The quantitative estimate of drug-likeness (QED) is 0.459. The third-order valence-electron chi connectivity index (χ3n) is 5.04. The maximum atomic E-state index is 13.0. The van der Waals surface area contributed by atoms with Crippen LogP contribution in [0.2, 0.25) is 0 Å². The Bertz CT molecular complexity index is 1210. The van der Waals surface area contributed by atoms with E-state index in [1.165, 1.54) is 0 Å². The van der Waals surface area contributed by atoms with Crippen LogP contribution in [0.1, 0.15) is 39.6 Å². The Morgan fingerprint density at radius 2 is 1.90 bits per heavy atom. The Morgan fingerprint density at radius 3 is 2.60 bits per heavy atom. The van der Waals surface area contributed by atoms with E-state index in [0.29, 0.717) is 34.6 Å². The van der Waals surface area contributed by atoms with Crippen LogP contribution in [0.15, 0.2) is 45.3 Å². The van der Waals surface area contributed by atoms with Gasteiger partial charge in [-0.3, -0.25) is 4.79 Å². The van der Waals surface area contributed by atoms with Crippen molar-refractivity contribution in [3.8, 4) is 17.0 Å². The summed E-state index contributed by atoms with van der Waals surface area (Å²) in [4.78, 5) is 17.5. The molecule has 0 aliphatic rings. The predicted octanol–water partition coefficient (Wildman–Crippen LogP) is 4.48. The first-order valence-corrected chi connectivity index (χ1v) is 9.83. The van der Waals surface area contributed by atoms with Crippen LogP contribution >= 0.6 is 0 Å². The summed E-state index contributed by atoms with van der Waals surface area (Å²) in [6, 6.07) is 10.7. The van der Waals surface area contributed by atoms with Gasteiger partial charge in [-0.1, -0.05) is 17.3 Å². The Kier molecular flexibility index (Phi) is 5.27. The number of nitrogens with one attached hydrogen (secondary N) is 1. The number of phenolic OH excluding ortho intramolecular Hbond substituents is 1. The Labute approximate surface area is 173 Å². The summed E-state index contributed by atoms with van der Waals surface area (Å²) in [5, 5.41) is 16.9. The van der Waals surface area contributed by atoms with Crippen molar-refractivity contribution < 1.29 is 18.8 Å². The number of amides is 1. The molecule has 0 unspecified atom stereocenters. The van der Waals surface area contributed by atoms with Crippen LogP contribution in [0.25, 0.3) is 22.4 Å². The van der Waals surface area contributed by atoms with Crippen LogP contribution in [-0.2, 0) is 6.42 Å². The molecule has 2 N–H and O–H groups in total. The van der Waals surface area contributed by atoms with Crippen LogP contribution in [0, 0.1) is 20.8 Å². The maximum absolute atomic E-state index is 13.0. The number of aryl methyl sites for hydroxylation is 4. The predicted molar refractivity (Wildman–Crippen MR) is 112 cm³/mol. The number of aromatic nitrogens is 2. The minimum atomic E-state index is -0.196. The van der Waals surface area contributed by atoms with Crippen molar-refractivity contribution >= 4 is 17.0 Å².